The number of amides is 2. The van der Waals surface area contributed by atoms with Crippen molar-refractivity contribution in [3.63, 3.8) is 0 Å². The van der Waals surface area contributed by atoms with Crippen LogP contribution in [0.25, 0.3) is 0 Å². The fourth-order valence-corrected chi connectivity index (χ4v) is 3.63. The van der Waals surface area contributed by atoms with Crippen molar-refractivity contribution in [1.82, 2.24) is 20.5 Å². The number of anilines is 1. The standard InChI is InChI=1S/C26H26ClN5O4/c1-2-24(34)31-23-14-29-26(32(25(23)35)15-17-3-5-18(27)6-4-17)30-19-7-9-21(10-8-19)36-22-11-12-28-20(13-22)16-33/h3-14,26,29-30,33H,2,15-16H2,1H3,(H,31,34). The Bertz CT molecular complexity index is 1250. The van der Waals surface area contributed by atoms with E-state index in [-0.39, 0.29) is 37.1 Å². The fourth-order valence-electron chi connectivity index (χ4n) is 3.50. The molecule has 0 bridgehead atoms. The Balaban J connectivity index is 1.50. The molecule has 1 aliphatic rings. The maximum absolute atomic E-state index is 13.3. The predicted molar refractivity (Wildman–Crippen MR) is 136 cm³/mol. The second-order valence-corrected chi connectivity index (χ2v) is 8.44. The highest BCUT2D eigenvalue weighted by Crippen LogP contribution is 2.24. The van der Waals surface area contributed by atoms with E-state index >= 15 is 0 Å². The van der Waals surface area contributed by atoms with Gasteiger partial charge in [0.1, 0.15) is 17.2 Å². The van der Waals surface area contributed by atoms with Crippen molar-refractivity contribution in [2.75, 3.05) is 5.32 Å². The fraction of sp³-hybridized carbons (Fsp3) is 0.192. The van der Waals surface area contributed by atoms with Crippen molar-refractivity contribution < 1.29 is 19.4 Å². The lowest BCUT2D eigenvalue weighted by atomic mass is 10.2. The molecule has 0 aliphatic carbocycles. The highest BCUT2D eigenvalue weighted by Gasteiger charge is 2.30. The minimum Gasteiger partial charge on any atom is -0.457 e. The van der Waals surface area contributed by atoms with Gasteiger partial charge in [-0.3, -0.25) is 19.5 Å². The number of ether oxygens (including phenoxy) is 1. The van der Waals surface area contributed by atoms with Gasteiger partial charge in [-0.25, -0.2) is 0 Å². The smallest absolute Gasteiger partial charge is 0.275 e. The molecule has 0 saturated carbocycles. The van der Waals surface area contributed by atoms with E-state index in [0.29, 0.717) is 22.2 Å². The molecule has 2 heterocycles. The van der Waals surface area contributed by atoms with Crippen LogP contribution in [0.4, 0.5) is 5.69 Å². The normalized spacial score (nSPS) is 15.1. The van der Waals surface area contributed by atoms with E-state index < -0.39 is 6.29 Å². The summed E-state index contributed by atoms with van der Waals surface area (Å²) in [5.41, 5.74) is 2.32. The number of carbonyl (C=O) groups is 2. The number of pyridine rings is 1. The van der Waals surface area contributed by atoms with Gasteiger partial charge in [0.05, 0.1) is 12.3 Å². The Labute approximate surface area is 213 Å². The number of aromatic nitrogens is 1. The number of hydrogen-bond donors (Lipinski definition) is 4. The maximum atomic E-state index is 13.3. The van der Waals surface area contributed by atoms with Gasteiger partial charge in [-0.05, 0) is 48.0 Å². The van der Waals surface area contributed by atoms with Crippen molar-refractivity contribution >= 4 is 29.1 Å². The van der Waals surface area contributed by atoms with Crippen LogP contribution in [0.5, 0.6) is 11.5 Å². The van der Waals surface area contributed by atoms with E-state index in [2.05, 4.69) is 20.9 Å². The molecule has 1 unspecified atom stereocenters. The second-order valence-electron chi connectivity index (χ2n) is 8.00. The number of carbonyl (C=O) groups excluding carboxylic acids is 2. The Kier molecular flexibility index (Phi) is 8.04. The molecule has 1 aromatic heterocycles. The molecule has 0 radical (unpaired) electrons. The molecule has 186 valence electrons. The first-order chi connectivity index (χ1) is 17.4. The van der Waals surface area contributed by atoms with Crippen LogP contribution in [0, 0.1) is 0 Å². The van der Waals surface area contributed by atoms with Gasteiger partial charge in [-0.1, -0.05) is 30.7 Å². The molecule has 0 fully saturated rings. The maximum Gasteiger partial charge on any atom is 0.275 e. The lowest BCUT2D eigenvalue weighted by molar-refractivity contribution is -0.133. The van der Waals surface area contributed by atoms with Crippen molar-refractivity contribution in [1.29, 1.82) is 0 Å². The van der Waals surface area contributed by atoms with Crippen LogP contribution < -0.4 is 20.7 Å². The third-order valence-corrected chi connectivity index (χ3v) is 5.65. The Morgan fingerprint density at radius 2 is 1.89 bits per heavy atom. The zero-order valence-corrected chi connectivity index (χ0v) is 20.3. The average Bonchev–Trinajstić information content (AvgIpc) is 2.90. The third kappa shape index (κ3) is 6.32. The zero-order valence-electron chi connectivity index (χ0n) is 19.6. The van der Waals surface area contributed by atoms with Crippen molar-refractivity contribution in [3.05, 3.63) is 95.0 Å². The summed E-state index contributed by atoms with van der Waals surface area (Å²) in [7, 11) is 0. The van der Waals surface area contributed by atoms with Crippen LogP contribution in [-0.2, 0) is 22.7 Å². The molecule has 2 amide bonds. The van der Waals surface area contributed by atoms with Gasteiger partial charge in [-0.2, -0.15) is 0 Å². The predicted octanol–water partition coefficient (Wildman–Crippen LogP) is 3.71. The van der Waals surface area contributed by atoms with Crippen LogP contribution in [-0.4, -0.2) is 33.1 Å². The highest BCUT2D eigenvalue weighted by molar-refractivity contribution is 6.30. The first kappa shape index (κ1) is 25.0. The molecule has 3 aromatic rings. The third-order valence-electron chi connectivity index (χ3n) is 5.39. The number of halogens is 1. The van der Waals surface area contributed by atoms with Crippen molar-refractivity contribution in [3.8, 4) is 11.5 Å². The highest BCUT2D eigenvalue weighted by atomic mass is 35.5. The van der Waals surface area contributed by atoms with E-state index in [1.165, 1.54) is 6.20 Å². The first-order valence-electron chi connectivity index (χ1n) is 11.4. The van der Waals surface area contributed by atoms with Gasteiger partial charge in [-0.15, -0.1) is 0 Å². The van der Waals surface area contributed by atoms with Crippen LogP contribution in [0.2, 0.25) is 5.02 Å². The second kappa shape index (κ2) is 11.6. The summed E-state index contributed by atoms with van der Waals surface area (Å²) in [6.07, 6.45) is 2.77. The van der Waals surface area contributed by atoms with E-state index in [0.717, 1.165) is 11.3 Å². The molecule has 10 heteroatoms. The van der Waals surface area contributed by atoms with Crippen LogP contribution in [0.15, 0.2) is 78.8 Å². The summed E-state index contributed by atoms with van der Waals surface area (Å²) in [4.78, 5) is 30.8. The minimum absolute atomic E-state index is 0.169. The Morgan fingerprint density at radius 1 is 1.14 bits per heavy atom. The molecular weight excluding hydrogens is 482 g/mol. The summed E-state index contributed by atoms with van der Waals surface area (Å²) in [5.74, 6) is 0.603. The number of benzene rings is 2. The van der Waals surface area contributed by atoms with E-state index in [1.54, 1.807) is 54.4 Å². The van der Waals surface area contributed by atoms with Crippen molar-refractivity contribution in [2.24, 2.45) is 0 Å². The van der Waals surface area contributed by atoms with Crippen LogP contribution >= 0.6 is 11.6 Å². The SMILES string of the molecule is CCC(=O)NC1=CNC(Nc2ccc(Oc3ccnc(CO)c3)cc2)N(Cc2ccc(Cl)cc2)C1=O. The summed E-state index contributed by atoms with van der Waals surface area (Å²) in [6, 6.07) is 17.8. The zero-order chi connectivity index (χ0) is 25.5. The molecule has 1 atom stereocenters. The van der Waals surface area contributed by atoms with E-state index in [9.17, 15) is 14.7 Å². The van der Waals surface area contributed by atoms with Gasteiger partial charge in [0.2, 0.25) is 5.91 Å². The topological polar surface area (TPSA) is 116 Å². The average molecular weight is 508 g/mol. The van der Waals surface area contributed by atoms with E-state index in [4.69, 9.17) is 16.3 Å². The first-order valence-corrected chi connectivity index (χ1v) is 11.7. The van der Waals surface area contributed by atoms with Gasteiger partial charge < -0.3 is 25.8 Å². The number of aliphatic hydroxyl groups is 1. The molecule has 1 aliphatic heterocycles. The lowest BCUT2D eigenvalue weighted by Crippen LogP contribution is -2.56. The number of rotatable bonds is 9. The molecule has 4 N–H and O–H groups in total. The number of aliphatic hydroxyl groups excluding tert-OH is 1. The quantitative estimate of drug-likeness (QED) is 0.349. The van der Waals surface area contributed by atoms with Crippen LogP contribution in [0.1, 0.15) is 24.6 Å². The van der Waals surface area contributed by atoms with Gasteiger partial charge in [0, 0.05) is 42.1 Å². The summed E-state index contributed by atoms with van der Waals surface area (Å²) in [6.45, 7) is 1.84. The largest absolute Gasteiger partial charge is 0.457 e. The van der Waals surface area contributed by atoms with Crippen molar-refractivity contribution in [2.45, 2.75) is 32.8 Å². The number of nitrogens with zero attached hydrogens (tertiary/aromatic N) is 2. The van der Waals surface area contributed by atoms with Gasteiger partial charge in [0.25, 0.3) is 5.91 Å². The minimum atomic E-state index is -0.575. The Hall–Kier alpha value is -4.08. The molecule has 4 rings (SSSR count). The van der Waals surface area contributed by atoms with Gasteiger partial charge in [0.15, 0.2) is 6.29 Å². The number of hydrogen-bond acceptors (Lipinski definition) is 7. The summed E-state index contributed by atoms with van der Waals surface area (Å²) < 4.78 is 5.83. The summed E-state index contributed by atoms with van der Waals surface area (Å²) in [5, 5.41) is 19.0. The summed E-state index contributed by atoms with van der Waals surface area (Å²) >= 11 is 6.01. The molecule has 0 spiro atoms. The monoisotopic (exact) mass is 507 g/mol. The molecule has 0 saturated heterocycles. The number of nitrogens with one attached hydrogen (secondary N) is 3. The van der Waals surface area contributed by atoms with E-state index in [1.807, 2.05) is 24.3 Å². The van der Waals surface area contributed by atoms with Crippen LogP contribution in [0.3, 0.4) is 0 Å². The lowest BCUT2D eigenvalue weighted by Gasteiger charge is -2.37. The van der Waals surface area contributed by atoms with Gasteiger partial charge >= 0.3 is 0 Å². The Morgan fingerprint density at radius 3 is 2.58 bits per heavy atom. The molecular formula is C26H26ClN5O4. The molecule has 2 aromatic carbocycles. The molecule has 36 heavy (non-hydrogen) atoms. The molecule has 9 nitrogen and oxygen atoms in total.